The van der Waals surface area contributed by atoms with Crippen LogP contribution in [0.25, 0.3) is 0 Å². The Labute approximate surface area is 140 Å². The molecule has 1 N–H and O–H groups in total. The Bertz CT molecular complexity index is 714. The molecule has 0 fully saturated rings. The number of Topliss-reactive ketones (excluding diaryl/α,β-unsaturated/α-hetero) is 1. The molecule has 1 amide bonds. The van der Waals surface area contributed by atoms with Crippen molar-refractivity contribution in [2.24, 2.45) is 0 Å². The van der Waals surface area contributed by atoms with E-state index in [2.05, 4.69) is 5.32 Å². The number of hydrogen-bond donors (Lipinski definition) is 1. The highest BCUT2D eigenvalue weighted by atomic mass is 16.6. The second-order valence-electron chi connectivity index (χ2n) is 5.59. The van der Waals surface area contributed by atoms with Crippen LogP contribution in [0, 0.1) is 0 Å². The summed E-state index contributed by atoms with van der Waals surface area (Å²) in [4.78, 5) is 23.9. The molecule has 5 nitrogen and oxygen atoms in total. The number of fused-ring (bicyclic) bond motifs is 1. The fourth-order valence-corrected chi connectivity index (χ4v) is 2.48. The Hall–Kier alpha value is -2.82. The van der Waals surface area contributed by atoms with Crippen LogP contribution in [-0.4, -0.2) is 30.9 Å². The minimum absolute atomic E-state index is 0.0306. The fraction of sp³-hybridized carbons (Fsp3) is 0.263. The maximum atomic E-state index is 12.0. The van der Waals surface area contributed by atoms with Gasteiger partial charge in [0.1, 0.15) is 12.7 Å². The minimum atomic E-state index is -0.228. The van der Waals surface area contributed by atoms with Gasteiger partial charge in [-0.25, -0.2) is 0 Å². The molecule has 1 unspecified atom stereocenters. The van der Waals surface area contributed by atoms with Gasteiger partial charge in [-0.2, -0.15) is 0 Å². The molecule has 2 aromatic rings. The third-order valence-corrected chi connectivity index (χ3v) is 3.77. The molecule has 124 valence electrons. The zero-order valence-corrected chi connectivity index (χ0v) is 13.2. The number of hydrogen-bond acceptors (Lipinski definition) is 4. The average Bonchev–Trinajstić information content (AvgIpc) is 2.65. The standard InChI is InChI=1S/C19H19NO4/c21-16(14-6-2-1-3-7-14)10-11-19(22)20-12-15-13-23-17-8-4-5-9-18(17)24-15/h1-9,15H,10-13H2,(H,20,22). The highest BCUT2D eigenvalue weighted by molar-refractivity contribution is 5.97. The van der Waals surface area contributed by atoms with Gasteiger partial charge in [0.15, 0.2) is 17.3 Å². The van der Waals surface area contributed by atoms with E-state index in [9.17, 15) is 9.59 Å². The Balaban J connectivity index is 1.41. The first-order valence-electron chi connectivity index (χ1n) is 7.96. The van der Waals surface area contributed by atoms with Crippen molar-refractivity contribution < 1.29 is 19.1 Å². The quantitative estimate of drug-likeness (QED) is 0.829. The summed E-state index contributed by atoms with van der Waals surface area (Å²) >= 11 is 0. The summed E-state index contributed by atoms with van der Waals surface area (Å²) < 4.78 is 11.4. The summed E-state index contributed by atoms with van der Waals surface area (Å²) in [7, 11) is 0. The normalized spacial score (nSPS) is 15.6. The SMILES string of the molecule is O=C(CCC(=O)c1ccccc1)NCC1COc2ccccc2O1. The molecule has 5 heteroatoms. The number of ether oxygens (including phenoxy) is 2. The van der Waals surface area contributed by atoms with Crippen LogP contribution in [0.1, 0.15) is 23.2 Å². The number of ketones is 1. The van der Waals surface area contributed by atoms with Gasteiger partial charge in [0.2, 0.25) is 5.91 Å². The van der Waals surface area contributed by atoms with Gasteiger partial charge in [0.25, 0.3) is 0 Å². The highest BCUT2D eigenvalue weighted by Gasteiger charge is 2.21. The van der Waals surface area contributed by atoms with E-state index in [1.807, 2.05) is 42.5 Å². The van der Waals surface area contributed by atoms with E-state index >= 15 is 0 Å². The van der Waals surface area contributed by atoms with Crippen molar-refractivity contribution in [3.8, 4) is 11.5 Å². The van der Waals surface area contributed by atoms with Gasteiger partial charge < -0.3 is 14.8 Å². The predicted molar refractivity (Wildman–Crippen MR) is 89.4 cm³/mol. The smallest absolute Gasteiger partial charge is 0.220 e. The van der Waals surface area contributed by atoms with Crippen molar-refractivity contribution in [2.75, 3.05) is 13.2 Å². The van der Waals surface area contributed by atoms with E-state index in [-0.39, 0.29) is 30.6 Å². The molecule has 24 heavy (non-hydrogen) atoms. The molecular formula is C19H19NO4. The molecule has 0 aliphatic carbocycles. The zero-order valence-electron chi connectivity index (χ0n) is 13.2. The first-order chi connectivity index (χ1) is 11.7. The third kappa shape index (κ3) is 4.13. The number of carbonyl (C=O) groups is 2. The van der Waals surface area contributed by atoms with Crippen LogP contribution in [0.15, 0.2) is 54.6 Å². The lowest BCUT2D eigenvalue weighted by atomic mass is 10.1. The van der Waals surface area contributed by atoms with Crippen LogP contribution in [0.2, 0.25) is 0 Å². The van der Waals surface area contributed by atoms with Crippen LogP contribution in [0.3, 0.4) is 0 Å². The molecule has 1 atom stereocenters. The number of benzene rings is 2. The van der Waals surface area contributed by atoms with Crippen LogP contribution >= 0.6 is 0 Å². The molecule has 1 aliphatic rings. The van der Waals surface area contributed by atoms with Crippen molar-refractivity contribution in [3.63, 3.8) is 0 Å². The van der Waals surface area contributed by atoms with E-state index in [1.54, 1.807) is 12.1 Å². The molecule has 1 aliphatic heterocycles. The largest absolute Gasteiger partial charge is 0.486 e. The van der Waals surface area contributed by atoms with Crippen LogP contribution in [0.4, 0.5) is 0 Å². The first kappa shape index (κ1) is 16.1. The second-order valence-corrected chi connectivity index (χ2v) is 5.59. The van der Waals surface area contributed by atoms with Crippen molar-refractivity contribution in [1.29, 1.82) is 0 Å². The molecule has 2 aromatic carbocycles. The fourth-order valence-electron chi connectivity index (χ4n) is 2.48. The van der Waals surface area contributed by atoms with Crippen LogP contribution in [-0.2, 0) is 4.79 Å². The lowest BCUT2D eigenvalue weighted by Crippen LogP contribution is -2.40. The van der Waals surface area contributed by atoms with Crippen molar-refractivity contribution >= 4 is 11.7 Å². The van der Waals surface area contributed by atoms with Gasteiger partial charge >= 0.3 is 0 Å². The van der Waals surface area contributed by atoms with Crippen LogP contribution < -0.4 is 14.8 Å². The number of amides is 1. The van der Waals surface area contributed by atoms with Gasteiger partial charge in [0, 0.05) is 18.4 Å². The zero-order chi connectivity index (χ0) is 16.8. The number of para-hydroxylation sites is 2. The predicted octanol–water partition coefficient (Wildman–Crippen LogP) is 2.61. The summed E-state index contributed by atoms with van der Waals surface area (Å²) in [5.41, 5.74) is 0.630. The third-order valence-electron chi connectivity index (χ3n) is 3.77. The molecular weight excluding hydrogens is 306 g/mol. The molecule has 0 aromatic heterocycles. The molecule has 0 bridgehead atoms. The maximum Gasteiger partial charge on any atom is 0.220 e. The van der Waals surface area contributed by atoms with Gasteiger partial charge in [0.05, 0.1) is 6.54 Å². The van der Waals surface area contributed by atoms with E-state index < -0.39 is 0 Å². The van der Waals surface area contributed by atoms with Gasteiger partial charge in [-0.05, 0) is 12.1 Å². The lowest BCUT2D eigenvalue weighted by Gasteiger charge is -2.26. The molecule has 3 rings (SSSR count). The first-order valence-corrected chi connectivity index (χ1v) is 7.96. The minimum Gasteiger partial charge on any atom is -0.486 e. The summed E-state index contributed by atoms with van der Waals surface area (Å²) in [5, 5.41) is 2.79. The maximum absolute atomic E-state index is 12.0. The highest BCUT2D eigenvalue weighted by Crippen LogP contribution is 2.30. The molecule has 0 radical (unpaired) electrons. The summed E-state index contributed by atoms with van der Waals surface area (Å²) in [6.07, 6.45) is 0.132. The van der Waals surface area contributed by atoms with Crippen molar-refractivity contribution in [1.82, 2.24) is 5.32 Å². The number of rotatable bonds is 6. The molecule has 0 saturated carbocycles. The molecule has 1 heterocycles. The number of carbonyl (C=O) groups excluding carboxylic acids is 2. The lowest BCUT2D eigenvalue weighted by molar-refractivity contribution is -0.121. The van der Waals surface area contributed by atoms with Gasteiger partial charge in [-0.1, -0.05) is 42.5 Å². The Morgan fingerprint density at radius 3 is 2.46 bits per heavy atom. The molecule has 0 saturated heterocycles. The Kier molecular flexibility index (Phi) is 5.11. The Morgan fingerprint density at radius 2 is 1.67 bits per heavy atom. The topological polar surface area (TPSA) is 64.6 Å². The van der Waals surface area contributed by atoms with E-state index in [4.69, 9.17) is 9.47 Å². The van der Waals surface area contributed by atoms with E-state index in [0.29, 0.717) is 30.2 Å². The second kappa shape index (κ2) is 7.64. The van der Waals surface area contributed by atoms with E-state index in [1.165, 1.54) is 0 Å². The van der Waals surface area contributed by atoms with E-state index in [0.717, 1.165) is 0 Å². The van der Waals surface area contributed by atoms with Crippen molar-refractivity contribution in [2.45, 2.75) is 18.9 Å². The molecule has 0 spiro atoms. The van der Waals surface area contributed by atoms with Crippen LogP contribution in [0.5, 0.6) is 11.5 Å². The monoisotopic (exact) mass is 325 g/mol. The average molecular weight is 325 g/mol. The van der Waals surface area contributed by atoms with Gasteiger partial charge in [-0.3, -0.25) is 9.59 Å². The van der Waals surface area contributed by atoms with Gasteiger partial charge in [-0.15, -0.1) is 0 Å². The Morgan fingerprint density at radius 1 is 0.958 bits per heavy atom. The summed E-state index contributed by atoms with van der Waals surface area (Å²) in [6.45, 7) is 0.743. The summed E-state index contributed by atoms with van der Waals surface area (Å²) in [6, 6.07) is 16.4. The summed E-state index contributed by atoms with van der Waals surface area (Å²) in [5.74, 6) is 1.20. The number of nitrogens with one attached hydrogen (secondary N) is 1. The van der Waals surface area contributed by atoms with Crippen molar-refractivity contribution in [3.05, 3.63) is 60.2 Å².